The molecule has 114 valence electrons. The largest absolute Gasteiger partial charge is 0.378 e. The van der Waals surface area contributed by atoms with Crippen LogP contribution >= 0.6 is 0 Å². The molecule has 1 fully saturated rings. The molecule has 1 saturated heterocycles. The lowest BCUT2D eigenvalue weighted by Gasteiger charge is -2.27. The van der Waals surface area contributed by atoms with Crippen molar-refractivity contribution in [1.82, 2.24) is 15.0 Å². The van der Waals surface area contributed by atoms with E-state index in [0.29, 0.717) is 37.8 Å². The van der Waals surface area contributed by atoms with Crippen molar-refractivity contribution in [3.63, 3.8) is 0 Å². The lowest BCUT2D eigenvalue weighted by molar-refractivity contribution is -0.383. The third kappa shape index (κ3) is 2.93. The summed E-state index contributed by atoms with van der Waals surface area (Å²) in [4.78, 5) is 24.9. The van der Waals surface area contributed by atoms with E-state index in [1.807, 2.05) is 4.90 Å². The normalized spacial score (nSPS) is 14.6. The van der Waals surface area contributed by atoms with E-state index < -0.39 is 4.92 Å². The van der Waals surface area contributed by atoms with Gasteiger partial charge in [0.2, 0.25) is 11.6 Å². The number of morpholine rings is 1. The minimum atomic E-state index is -0.464. The highest BCUT2D eigenvalue weighted by Gasteiger charge is 2.28. The fourth-order valence-corrected chi connectivity index (χ4v) is 2.21. The molecule has 1 N–H and O–H groups in total. The molecule has 0 aliphatic carbocycles. The first kappa shape index (κ1) is 14.1. The van der Waals surface area contributed by atoms with Crippen LogP contribution in [0.4, 0.5) is 23.0 Å². The smallest absolute Gasteiger partial charge is 0.353 e. The Balaban J connectivity index is 1.97. The number of hydrogen-bond acceptors (Lipinski definition) is 8. The molecule has 0 unspecified atom stereocenters. The lowest BCUT2D eigenvalue weighted by atomic mass is 10.3. The highest BCUT2D eigenvalue weighted by molar-refractivity contribution is 5.74. The Morgan fingerprint density at radius 2 is 1.95 bits per heavy atom. The Labute approximate surface area is 126 Å². The van der Waals surface area contributed by atoms with Gasteiger partial charge in [0.05, 0.1) is 18.1 Å². The van der Waals surface area contributed by atoms with Gasteiger partial charge in [0, 0.05) is 31.2 Å². The fraction of sp³-hybridized carbons (Fsp3) is 0.308. The molecule has 3 rings (SSSR count). The van der Waals surface area contributed by atoms with Crippen molar-refractivity contribution in [2.75, 3.05) is 36.5 Å². The molecule has 9 heteroatoms. The number of pyridine rings is 1. The van der Waals surface area contributed by atoms with Crippen LogP contribution in [0.1, 0.15) is 0 Å². The van der Waals surface area contributed by atoms with E-state index in [-0.39, 0.29) is 11.5 Å². The zero-order valence-electron chi connectivity index (χ0n) is 11.7. The van der Waals surface area contributed by atoms with Crippen molar-refractivity contribution in [1.29, 1.82) is 0 Å². The number of aromatic nitrogens is 3. The van der Waals surface area contributed by atoms with E-state index in [2.05, 4.69) is 20.3 Å². The van der Waals surface area contributed by atoms with Crippen molar-refractivity contribution < 1.29 is 9.66 Å². The average Bonchev–Trinajstić information content (AvgIpc) is 2.56. The van der Waals surface area contributed by atoms with Gasteiger partial charge in [-0.2, -0.15) is 0 Å². The van der Waals surface area contributed by atoms with Crippen LogP contribution in [0.15, 0.2) is 30.9 Å². The number of rotatable bonds is 4. The molecular weight excluding hydrogens is 288 g/mol. The zero-order chi connectivity index (χ0) is 15.4. The summed E-state index contributed by atoms with van der Waals surface area (Å²) >= 11 is 0. The summed E-state index contributed by atoms with van der Waals surface area (Å²) < 4.78 is 5.27. The van der Waals surface area contributed by atoms with Crippen LogP contribution in [-0.4, -0.2) is 46.2 Å². The van der Waals surface area contributed by atoms with Gasteiger partial charge in [0.1, 0.15) is 6.33 Å². The molecule has 0 saturated carbocycles. The molecule has 0 radical (unpaired) electrons. The number of hydrogen-bond donors (Lipinski definition) is 1. The summed E-state index contributed by atoms with van der Waals surface area (Å²) in [6.07, 6.45) is 4.51. The third-order valence-corrected chi connectivity index (χ3v) is 3.24. The molecule has 0 amide bonds. The fourth-order valence-electron chi connectivity index (χ4n) is 2.21. The Morgan fingerprint density at radius 3 is 2.64 bits per heavy atom. The molecule has 22 heavy (non-hydrogen) atoms. The summed E-state index contributed by atoms with van der Waals surface area (Å²) in [5, 5.41) is 14.4. The van der Waals surface area contributed by atoms with Gasteiger partial charge < -0.3 is 15.0 Å². The highest BCUT2D eigenvalue weighted by Crippen LogP contribution is 2.33. The van der Waals surface area contributed by atoms with Gasteiger partial charge in [0.25, 0.3) is 0 Å². The standard InChI is InChI=1S/C13H14N6O3/c20-19(21)11-12(17-10-1-3-14-4-2-10)15-9-16-13(11)18-5-7-22-8-6-18/h1-4,9H,5-8H2,(H,14,15,16,17). The van der Waals surface area contributed by atoms with Crippen LogP contribution in [0.25, 0.3) is 0 Å². The molecule has 0 spiro atoms. The molecule has 0 bridgehead atoms. The summed E-state index contributed by atoms with van der Waals surface area (Å²) in [5.41, 5.74) is 0.533. The van der Waals surface area contributed by atoms with Crippen LogP contribution in [0.3, 0.4) is 0 Å². The van der Waals surface area contributed by atoms with Gasteiger partial charge >= 0.3 is 5.69 Å². The maximum absolute atomic E-state index is 11.5. The molecule has 2 aromatic rings. The summed E-state index contributed by atoms with van der Waals surface area (Å²) in [7, 11) is 0. The first-order chi connectivity index (χ1) is 10.8. The number of anilines is 3. The molecule has 0 atom stereocenters. The molecule has 1 aliphatic rings. The lowest BCUT2D eigenvalue weighted by Crippen LogP contribution is -2.37. The van der Waals surface area contributed by atoms with Gasteiger partial charge in [-0.15, -0.1) is 0 Å². The highest BCUT2D eigenvalue weighted by atomic mass is 16.6. The first-order valence-corrected chi connectivity index (χ1v) is 6.75. The van der Waals surface area contributed by atoms with Gasteiger partial charge in [-0.3, -0.25) is 15.1 Å². The van der Waals surface area contributed by atoms with Gasteiger partial charge in [-0.25, -0.2) is 9.97 Å². The molecule has 1 aliphatic heterocycles. The summed E-state index contributed by atoms with van der Waals surface area (Å²) in [5.74, 6) is 0.465. The quantitative estimate of drug-likeness (QED) is 0.666. The topological polar surface area (TPSA) is 106 Å². The van der Waals surface area contributed by atoms with Crippen LogP contribution in [-0.2, 0) is 4.74 Å². The number of nitro groups is 1. The summed E-state index contributed by atoms with van der Waals surface area (Å²) in [6.45, 7) is 2.17. The Bertz CT molecular complexity index is 660. The van der Waals surface area contributed by atoms with Crippen LogP contribution in [0.2, 0.25) is 0 Å². The Morgan fingerprint density at radius 1 is 1.23 bits per heavy atom. The van der Waals surface area contributed by atoms with Crippen molar-refractivity contribution >= 4 is 23.0 Å². The second-order valence-corrected chi connectivity index (χ2v) is 4.61. The average molecular weight is 302 g/mol. The first-order valence-electron chi connectivity index (χ1n) is 6.75. The predicted molar refractivity (Wildman–Crippen MR) is 79.2 cm³/mol. The number of nitrogens with zero attached hydrogens (tertiary/aromatic N) is 5. The number of ether oxygens (including phenoxy) is 1. The summed E-state index contributed by atoms with van der Waals surface area (Å²) in [6, 6.07) is 3.42. The van der Waals surface area contributed by atoms with E-state index in [1.165, 1.54) is 6.33 Å². The van der Waals surface area contributed by atoms with Crippen molar-refractivity contribution in [2.45, 2.75) is 0 Å². The van der Waals surface area contributed by atoms with Crippen LogP contribution < -0.4 is 10.2 Å². The Hall–Kier alpha value is -2.81. The van der Waals surface area contributed by atoms with Crippen molar-refractivity contribution in [2.24, 2.45) is 0 Å². The zero-order valence-corrected chi connectivity index (χ0v) is 11.7. The monoisotopic (exact) mass is 302 g/mol. The predicted octanol–water partition coefficient (Wildman–Crippen LogP) is 1.36. The van der Waals surface area contributed by atoms with Crippen LogP contribution in [0, 0.1) is 10.1 Å². The minimum absolute atomic E-state index is 0.138. The molecule has 9 nitrogen and oxygen atoms in total. The van der Waals surface area contributed by atoms with Crippen LogP contribution in [0.5, 0.6) is 0 Å². The van der Waals surface area contributed by atoms with Gasteiger partial charge in [-0.05, 0) is 12.1 Å². The maximum Gasteiger partial charge on any atom is 0.353 e. The second kappa shape index (κ2) is 6.31. The van der Waals surface area contributed by atoms with Crippen molar-refractivity contribution in [3.8, 4) is 0 Å². The molecule has 3 heterocycles. The Kier molecular flexibility index (Phi) is 4.05. The van der Waals surface area contributed by atoms with E-state index in [4.69, 9.17) is 4.74 Å². The van der Waals surface area contributed by atoms with Gasteiger partial charge in [-0.1, -0.05) is 0 Å². The molecular formula is C13H14N6O3. The van der Waals surface area contributed by atoms with E-state index in [1.54, 1.807) is 24.5 Å². The van der Waals surface area contributed by atoms with Crippen molar-refractivity contribution in [3.05, 3.63) is 41.0 Å². The SMILES string of the molecule is O=[N+]([O-])c1c(Nc2ccncc2)ncnc1N1CCOCC1. The minimum Gasteiger partial charge on any atom is -0.378 e. The molecule has 0 aromatic carbocycles. The third-order valence-electron chi connectivity index (χ3n) is 3.24. The molecule has 2 aromatic heterocycles. The maximum atomic E-state index is 11.5. The van der Waals surface area contributed by atoms with E-state index in [9.17, 15) is 10.1 Å². The van der Waals surface area contributed by atoms with Gasteiger partial charge in [0.15, 0.2) is 0 Å². The number of nitrogens with one attached hydrogen (secondary N) is 1. The second-order valence-electron chi connectivity index (χ2n) is 4.61. The van der Waals surface area contributed by atoms with E-state index >= 15 is 0 Å². The van der Waals surface area contributed by atoms with E-state index in [0.717, 1.165) is 0 Å².